The second-order valence-corrected chi connectivity index (χ2v) is 4.84. The minimum absolute atomic E-state index is 0.0657. The molecule has 1 aliphatic carbocycles. The van der Waals surface area contributed by atoms with Gasteiger partial charge < -0.3 is 15.8 Å². The molecule has 3 N–H and O–H groups in total. The zero-order valence-electron chi connectivity index (χ0n) is 10.7. The molecular weight excluding hydrogens is 228 g/mol. The largest absolute Gasteiger partial charge is 0.380 e. The van der Waals surface area contributed by atoms with Crippen LogP contribution in [0.5, 0.6) is 0 Å². The number of amides is 1. The molecule has 1 aromatic rings. The van der Waals surface area contributed by atoms with Crippen LogP contribution in [0, 0.1) is 5.92 Å². The Kier molecular flexibility index (Phi) is 4.33. The maximum absolute atomic E-state index is 11.9. The van der Waals surface area contributed by atoms with E-state index in [1.54, 1.807) is 13.2 Å². The molecular formula is C14H20N2O2. The first-order chi connectivity index (χ1) is 8.70. The van der Waals surface area contributed by atoms with E-state index in [4.69, 9.17) is 10.5 Å². The molecule has 0 aliphatic heterocycles. The molecule has 0 bridgehead atoms. The van der Waals surface area contributed by atoms with Crippen molar-refractivity contribution < 1.29 is 9.53 Å². The van der Waals surface area contributed by atoms with Crippen LogP contribution >= 0.6 is 0 Å². The van der Waals surface area contributed by atoms with Gasteiger partial charge in [-0.25, -0.2) is 0 Å². The van der Waals surface area contributed by atoms with Crippen LogP contribution in [0.25, 0.3) is 0 Å². The average molecular weight is 248 g/mol. The van der Waals surface area contributed by atoms with Crippen molar-refractivity contribution in [1.82, 2.24) is 5.32 Å². The lowest BCUT2D eigenvalue weighted by molar-refractivity contribution is 0.0950. The predicted octanol–water partition coefficient (Wildman–Crippen LogP) is 1.30. The lowest BCUT2D eigenvalue weighted by atomic mass is 10.1. The summed E-state index contributed by atoms with van der Waals surface area (Å²) in [4.78, 5) is 11.9. The lowest BCUT2D eigenvalue weighted by Gasteiger charge is -2.12. The summed E-state index contributed by atoms with van der Waals surface area (Å²) in [6, 6.07) is 7.55. The summed E-state index contributed by atoms with van der Waals surface area (Å²) in [7, 11) is 1.64. The molecule has 1 atom stereocenters. The van der Waals surface area contributed by atoms with Gasteiger partial charge in [-0.3, -0.25) is 4.79 Å². The van der Waals surface area contributed by atoms with E-state index >= 15 is 0 Å². The van der Waals surface area contributed by atoms with Crippen LogP contribution in [0.4, 0.5) is 0 Å². The highest BCUT2D eigenvalue weighted by Gasteiger charge is 2.28. The average Bonchev–Trinajstić information content (AvgIpc) is 3.20. The van der Waals surface area contributed by atoms with Crippen molar-refractivity contribution in [2.45, 2.75) is 25.5 Å². The van der Waals surface area contributed by atoms with Crippen LogP contribution in [0.3, 0.4) is 0 Å². The molecule has 0 saturated heterocycles. The first-order valence-corrected chi connectivity index (χ1v) is 6.32. The highest BCUT2D eigenvalue weighted by molar-refractivity contribution is 5.94. The predicted molar refractivity (Wildman–Crippen MR) is 70.2 cm³/mol. The molecule has 4 nitrogen and oxygen atoms in total. The van der Waals surface area contributed by atoms with E-state index in [1.165, 1.54) is 12.8 Å². The lowest BCUT2D eigenvalue weighted by Crippen LogP contribution is -2.38. The Morgan fingerprint density at radius 2 is 2.33 bits per heavy atom. The number of methoxy groups -OCH3 is 1. The molecule has 18 heavy (non-hydrogen) atoms. The van der Waals surface area contributed by atoms with E-state index < -0.39 is 0 Å². The van der Waals surface area contributed by atoms with Crippen molar-refractivity contribution in [3.05, 3.63) is 35.4 Å². The van der Waals surface area contributed by atoms with Gasteiger partial charge in [0.15, 0.2) is 0 Å². The SMILES string of the molecule is COCc1cccc(C(=O)NCC(N)C2CC2)c1. The molecule has 1 fully saturated rings. The van der Waals surface area contributed by atoms with Crippen molar-refractivity contribution in [3.63, 3.8) is 0 Å². The second kappa shape index (κ2) is 5.98. The molecule has 4 heteroatoms. The van der Waals surface area contributed by atoms with Gasteiger partial charge in [0.25, 0.3) is 5.91 Å². The Labute approximate surface area is 108 Å². The molecule has 0 aromatic heterocycles. The summed E-state index contributed by atoms with van der Waals surface area (Å²) in [5, 5.41) is 2.88. The third-order valence-corrected chi connectivity index (χ3v) is 3.23. The molecule has 2 rings (SSSR count). The van der Waals surface area contributed by atoms with Crippen LogP contribution in [-0.2, 0) is 11.3 Å². The number of hydrogen-bond donors (Lipinski definition) is 2. The van der Waals surface area contributed by atoms with Crippen molar-refractivity contribution >= 4 is 5.91 Å². The molecule has 0 spiro atoms. The van der Waals surface area contributed by atoms with Crippen LogP contribution in [0.15, 0.2) is 24.3 Å². The van der Waals surface area contributed by atoms with E-state index in [2.05, 4.69) is 5.32 Å². The maximum Gasteiger partial charge on any atom is 0.251 e. The van der Waals surface area contributed by atoms with Gasteiger partial charge in [0.05, 0.1) is 6.61 Å². The number of nitrogens with two attached hydrogens (primary N) is 1. The molecule has 1 amide bonds. The van der Waals surface area contributed by atoms with Gasteiger partial charge in [-0.2, -0.15) is 0 Å². The van der Waals surface area contributed by atoms with E-state index in [9.17, 15) is 4.79 Å². The number of carbonyl (C=O) groups is 1. The number of carbonyl (C=O) groups excluding carboxylic acids is 1. The maximum atomic E-state index is 11.9. The van der Waals surface area contributed by atoms with E-state index in [-0.39, 0.29) is 11.9 Å². The fourth-order valence-corrected chi connectivity index (χ4v) is 1.97. The van der Waals surface area contributed by atoms with Gasteiger partial charge in [-0.15, -0.1) is 0 Å². The Hall–Kier alpha value is -1.39. The van der Waals surface area contributed by atoms with Crippen molar-refractivity contribution in [2.24, 2.45) is 11.7 Å². The van der Waals surface area contributed by atoms with Gasteiger partial charge in [0.2, 0.25) is 0 Å². The fourth-order valence-electron chi connectivity index (χ4n) is 1.97. The highest BCUT2D eigenvalue weighted by Crippen LogP contribution is 2.31. The zero-order valence-corrected chi connectivity index (χ0v) is 10.7. The number of hydrogen-bond acceptors (Lipinski definition) is 3. The van der Waals surface area contributed by atoms with Crippen molar-refractivity contribution in [1.29, 1.82) is 0 Å². The van der Waals surface area contributed by atoms with Crippen molar-refractivity contribution in [2.75, 3.05) is 13.7 Å². The third-order valence-electron chi connectivity index (χ3n) is 3.23. The van der Waals surface area contributed by atoms with Gasteiger partial charge in [-0.1, -0.05) is 12.1 Å². The van der Waals surface area contributed by atoms with Gasteiger partial charge in [0, 0.05) is 25.3 Å². The molecule has 1 aliphatic rings. The molecule has 98 valence electrons. The fraction of sp³-hybridized carbons (Fsp3) is 0.500. The summed E-state index contributed by atoms with van der Waals surface area (Å²) < 4.78 is 5.05. The standard InChI is InChI=1S/C14H20N2O2/c1-18-9-10-3-2-4-12(7-10)14(17)16-8-13(15)11-5-6-11/h2-4,7,11,13H,5-6,8-9,15H2,1H3,(H,16,17). The van der Waals surface area contributed by atoms with E-state index in [0.717, 1.165) is 5.56 Å². The number of benzene rings is 1. The smallest absolute Gasteiger partial charge is 0.251 e. The van der Waals surface area contributed by atoms with Gasteiger partial charge in [0.1, 0.15) is 0 Å². The summed E-state index contributed by atoms with van der Waals surface area (Å²) in [5.74, 6) is 0.536. The topological polar surface area (TPSA) is 64.3 Å². The summed E-state index contributed by atoms with van der Waals surface area (Å²) in [5.41, 5.74) is 7.60. The Balaban J connectivity index is 1.88. The normalized spacial score (nSPS) is 16.3. The summed E-state index contributed by atoms with van der Waals surface area (Å²) >= 11 is 0. The first-order valence-electron chi connectivity index (χ1n) is 6.32. The second-order valence-electron chi connectivity index (χ2n) is 4.84. The molecule has 1 saturated carbocycles. The quantitative estimate of drug-likeness (QED) is 0.797. The minimum Gasteiger partial charge on any atom is -0.380 e. The number of ether oxygens (including phenoxy) is 1. The Morgan fingerprint density at radius 1 is 1.56 bits per heavy atom. The first kappa shape index (κ1) is 13.1. The Morgan fingerprint density at radius 3 is 3.00 bits per heavy atom. The third kappa shape index (κ3) is 3.55. The molecule has 1 unspecified atom stereocenters. The Bertz CT molecular complexity index is 416. The highest BCUT2D eigenvalue weighted by atomic mass is 16.5. The van der Waals surface area contributed by atoms with Crippen LogP contribution < -0.4 is 11.1 Å². The molecule has 0 radical (unpaired) electrons. The van der Waals surface area contributed by atoms with E-state index in [0.29, 0.717) is 24.6 Å². The van der Waals surface area contributed by atoms with Crippen LogP contribution in [0.2, 0.25) is 0 Å². The van der Waals surface area contributed by atoms with Gasteiger partial charge >= 0.3 is 0 Å². The number of rotatable bonds is 6. The minimum atomic E-state index is -0.0657. The number of nitrogens with one attached hydrogen (secondary N) is 1. The monoisotopic (exact) mass is 248 g/mol. The van der Waals surface area contributed by atoms with Crippen LogP contribution in [-0.4, -0.2) is 25.6 Å². The van der Waals surface area contributed by atoms with E-state index in [1.807, 2.05) is 18.2 Å². The van der Waals surface area contributed by atoms with Crippen LogP contribution in [0.1, 0.15) is 28.8 Å². The van der Waals surface area contributed by atoms with Crippen molar-refractivity contribution in [3.8, 4) is 0 Å². The van der Waals surface area contributed by atoms with Gasteiger partial charge in [-0.05, 0) is 36.5 Å². The summed E-state index contributed by atoms with van der Waals surface area (Å²) in [6.45, 7) is 1.07. The molecule has 1 aromatic carbocycles. The summed E-state index contributed by atoms with van der Waals surface area (Å²) in [6.07, 6.45) is 2.39. The molecule has 0 heterocycles. The zero-order chi connectivity index (χ0) is 13.0.